The van der Waals surface area contributed by atoms with Crippen molar-refractivity contribution in [2.45, 2.75) is 24.7 Å². The number of hydrogen-bond acceptors (Lipinski definition) is 6. The van der Waals surface area contributed by atoms with Crippen molar-refractivity contribution in [1.82, 2.24) is 19.4 Å². The Morgan fingerprint density at radius 1 is 1.12 bits per heavy atom. The second-order valence-electron chi connectivity index (χ2n) is 6.25. The van der Waals surface area contributed by atoms with Crippen molar-refractivity contribution in [3.63, 3.8) is 0 Å². The van der Waals surface area contributed by atoms with Gasteiger partial charge in [0.25, 0.3) is 0 Å². The molecule has 1 fully saturated rings. The third-order valence-corrected chi connectivity index (χ3v) is 6.26. The summed E-state index contributed by atoms with van der Waals surface area (Å²) >= 11 is 5.81. The molecule has 8 nitrogen and oxygen atoms in total. The SMILES string of the molecule is CC(C)c1nnc(C(=O)N2CCN(S(=O)(=O)c3ccc(Cl)cc3)CC2)o1. The summed E-state index contributed by atoms with van der Waals surface area (Å²) in [6.45, 7) is 4.68. The average Bonchev–Trinajstić information content (AvgIpc) is 3.12. The third kappa shape index (κ3) is 3.74. The molecule has 0 bridgehead atoms. The predicted molar refractivity (Wildman–Crippen MR) is 94.5 cm³/mol. The van der Waals surface area contributed by atoms with Crippen molar-refractivity contribution < 1.29 is 17.6 Å². The number of benzene rings is 1. The van der Waals surface area contributed by atoms with Crippen LogP contribution in [0.1, 0.15) is 36.3 Å². The summed E-state index contributed by atoms with van der Waals surface area (Å²) in [6.07, 6.45) is 0. The molecule has 26 heavy (non-hydrogen) atoms. The first-order chi connectivity index (χ1) is 12.3. The molecule has 2 heterocycles. The Balaban J connectivity index is 1.66. The molecule has 2 aromatic rings. The zero-order valence-electron chi connectivity index (χ0n) is 14.4. The molecule has 0 unspecified atom stereocenters. The lowest BCUT2D eigenvalue weighted by Gasteiger charge is -2.33. The van der Waals surface area contributed by atoms with E-state index in [4.69, 9.17) is 16.0 Å². The molecule has 1 amide bonds. The standard InChI is InChI=1S/C16H19ClN4O4S/c1-11(2)14-18-19-15(25-14)16(22)20-7-9-21(10-8-20)26(23,24)13-5-3-12(17)4-6-13/h3-6,11H,7-10H2,1-2H3. The Morgan fingerprint density at radius 2 is 1.73 bits per heavy atom. The minimum atomic E-state index is -3.61. The van der Waals surface area contributed by atoms with Gasteiger partial charge in [0.1, 0.15) is 0 Å². The van der Waals surface area contributed by atoms with E-state index < -0.39 is 10.0 Å². The fourth-order valence-corrected chi connectivity index (χ4v) is 4.12. The van der Waals surface area contributed by atoms with Gasteiger partial charge in [-0.2, -0.15) is 4.31 Å². The van der Waals surface area contributed by atoms with E-state index in [1.165, 1.54) is 33.5 Å². The maximum Gasteiger partial charge on any atom is 0.311 e. The number of carbonyl (C=O) groups excluding carboxylic acids is 1. The Morgan fingerprint density at radius 3 is 2.27 bits per heavy atom. The van der Waals surface area contributed by atoms with Crippen LogP contribution in [-0.2, 0) is 10.0 Å². The topological polar surface area (TPSA) is 96.6 Å². The van der Waals surface area contributed by atoms with Gasteiger partial charge < -0.3 is 9.32 Å². The predicted octanol–water partition coefficient (Wildman–Crippen LogP) is 1.99. The zero-order chi connectivity index (χ0) is 18.9. The number of aromatic nitrogens is 2. The Bertz CT molecular complexity index is 887. The van der Waals surface area contributed by atoms with E-state index in [2.05, 4.69) is 10.2 Å². The van der Waals surface area contributed by atoms with Crippen LogP contribution in [0.5, 0.6) is 0 Å². The summed E-state index contributed by atoms with van der Waals surface area (Å²) in [5.74, 6) is -0.0154. The molecule has 10 heteroatoms. The van der Waals surface area contributed by atoms with Gasteiger partial charge in [-0.25, -0.2) is 8.42 Å². The van der Waals surface area contributed by atoms with Crippen molar-refractivity contribution in [2.24, 2.45) is 0 Å². The lowest BCUT2D eigenvalue weighted by Crippen LogP contribution is -2.50. The van der Waals surface area contributed by atoms with Crippen molar-refractivity contribution in [2.75, 3.05) is 26.2 Å². The number of hydrogen-bond donors (Lipinski definition) is 0. The first-order valence-corrected chi connectivity index (χ1v) is 9.99. The Labute approximate surface area is 156 Å². The van der Waals surface area contributed by atoms with Gasteiger partial charge in [0, 0.05) is 37.1 Å². The molecule has 1 aliphatic heterocycles. The molecule has 0 atom stereocenters. The lowest BCUT2D eigenvalue weighted by molar-refractivity contribution is 0.0655. The smallest absolute Gasteiger partial charge is 0.311 e. The van der Waals surface area contributed by atoms with Gasteiger partial charge in [-0.3, -0.25) is 4.79 Å². The molecule has 0 spiro atoms. The molecule has 0 aliphatic carbocycles. The number of carbonyl (C=O) groups is 1. The van der Waals surface area contributed by atoms with Crippen LogP contribution < -0.4 is 0 Å². The van der Waals surface area contributed by atoms with Crippen LogP contribution in [0, 0.1) is 0 Å². The highest BCUT2D eigenvalue weighted by atomic mass is 35.5. The highest BCUT2D eigenvalue weighted by Crippen LogP contribution is 2.20. The first kappa shape index (κ1) is 18.8. The summed E-state index contributed by atoms with van der Waals surface area (Å²) < 4.78 is 32.1. The summed E-state index contributed by atoms with van der Waals surface area (Å²) in [5, 5.41) is 8.11. The van der Waals surface area contributed by atoms with Crippen molar-refractivity contribution in [1.29, 1.82) is 0 Å². The van der Waals surface area contributed by atoms with Crippen LogP contribution in [0.2, 0.25) is 5.02 Å². The largest absolute Gasteiger partial charge is 0.417 e. The van der Waals surface area contributed by atoms with Gasteiger partial charge in [0.05, 0.1) is 4.90 Å². The van der Waals surface area contributed by atoms with Gasteiger partial charge in [-0.05, 0) is 24.3 Å². The third-order valence-electron chi connectivity index (χ3n) is 4.09. The quantitative estimate of drug-likeness (QED) is 0.781. The minimum Gasteiger partial charge on any atom is -0.417 e. The van der Waals surface area contributed by atoms with Gasteiger partial charge >= 0.3 is 11.8 Å². The van der Waals surface area contributed by atoms with Crippen molar-refractivity contribution in [3.05, 3.63) is 41.1 Å². The van der Waals surface area contributed by atoms with E-state index in [1.54, 1.807) is 0 Å². The number of sulfonamides is 1. The van der Waals surface area contributed by atoms with Crippen LogP contribution in [0.15, 0.2) is 33.6 Å². The molecule has 1 aromatic carbocycles. The fraction of sp³-hybridized carbons (Fsp3) is 0.438. The number of halogens is 1. The fourth-order valence-electron chi connectivity index (χ4n) is 2.58. The van der Waals surface area contributed by atoms with E-state index in [9.17, 15) is 13.2 Å². The van der Waals surface area contributed by atoms with Gasteiger partial charge in [0.2, 0.25) is 15.9 Å². The van der Waals surface area contributed by atoms with E-state index in [-0.39, 0.29) is 48.8 Å². The van der Waals surface area contributed by atoms with E-state index in [0.29, 0.717) is 10.9 Å². The zero-order valence-corrected chi connectivity index (χ0v) is 16.0. The lowest BCUT2D eigenvalue weighted by atomic mass is 10.2. The average molecular weight is 399 g/mol. The minimum absolute atomic E-state index is 0.0328. The Hall–Kier alpha value is -1.97. The van der Waals surface area contributed by atoms with Crippen LogP contribution in [0.25, 0.3) is 0 Å². The number of rotatable bonds is 4. The van der Waals surface area contributed by atoms with E-state index in [1.807, 2.05) is 13.8 Å². The van der Waals surface area contributed by atoms with Crippen LogP contribution in [0.3, 0.4) is 0 Å². The summed E-state index contributed by atoms with van der Waals surface area (Å²) in [7, 11) is -3.61. The highest BCUT2D eigenvalue weighted by Gasteiger charge is 2.32. The molecule has 0 N–H and O–H groups in total. The molecule has 3 rings (SSSR count). The molecule has 1 aliphatic rings. The molecule has 1 saturated heterocycles. The number of nitrogens with zero attached hydrogens (tertiary/aromatic N) is 4. The van der Waals surface area contributed by atoms with Crippen molar-refractivity contribution in [3.8, 4) is 0 Å². The van der Waals surface area contributed by atoms with Gasteiger partial charge in [0.15, 0.2) is 0 Å². The van der Waals surface area contributed by atoms with Crippen LogP contribution in [0.4, 0.5) is 0 Å². The summed E-state index contributed by atoms with van der Waals surface area (Å²) in [5.41, 5.74) is 0. The molecule has 0 saturated carbocycles. The number of piperazine rings is 1. The molecule has 140 valence electrons. The summed E-state index contributed by atoms with van der Waals surface area (Å²) in [6, 6.07) is 6.02. The first-order valence-electron chi connectivity index (χ1n) is 8.17. The molecular weight excluding hydrogens is 380 g/mol. The Kier molecular flexibility index (Phi) is 5.31. The van der Waals surface area contributed by atoms with Gasteiger partial charge in [-0.15, -0.1) is 10.2 Å². The molecular formula is C16H19ClN4O4S. The highest BCUT2D eigenvalue weighted by molar-refractivity contribution is 7.89. The van der Waals surface area contributed by atoms with E-state index >= 15 is 0 Å². The second-order valence-corrected chi connectivity index (χ2v) is 8.62. The monoisotopic (exact) mass is 398 g/mol. The number of amides is 1. The van der Waals surface area contributed by atoms with Crippen molar-refractivity contribution >= 4 is 27.5 Å². The normalized spacial score (nSPS) is 16.2. The van der Waals surface area contributed by atoms with Gasteiger partial charge in [-0.1, -0.05) is 25.4 Å². The molecule has 1 aromatic heterocycles. The summed E-state index contributed by atoms with van der Waals surface area (Å²) in [4.78, 5) is 14.1. The maximum absolute atomic E-state index is 12.7. The van der Waals surface area contributed by atoms with Crippen LogP contribution in [-0.4, -0.2) is 59.9 Å². The maximum atomic E-state index is 12.7. The molecule has 0 radical (unpaired) electrons. The van der Waals surface area contributed by atoms with E-state index in [0.717, 1.165) is 0 Å². The second kappa shape index (κ2) is 7.34. The van der Waals surface area contributed by atoms with Crippen LogP contribution >= 0.6 is 11.6 Å².